The Bertz CT molecular complexity index is 236. The summed E-state index contributed by atoms with van der Waals surface area (Å²) in [6.45, 7) is 5.79. The molecule has 0 saturated carbocycles. The van der Waals surface area contributed by atoms with Crippen molar-refractivity contribution in [2.24, 2.45) is 5.73 Å². The third-order valence-corrected chi connectivity index (χ3v) is 2.12. The van der Waals surface area contributed by atoms with Crippen LogP contribution in [0.5, 0.6) is 0 Å². The number of primary amides is 1. The molecule has 0 rings (SSSR count). The van der Waals surface area contributed by atoms with Gasteiger partial charge in [-0.25, -0.2) is 0 Å². The quantitative estimate of drug-likeness (QED) is 0.272. The molecule has 0 aliphatic carbocycles. The van der Waals surface area contributed by atoms with Gasteiger partial charge in [-0.1, -0.05) is 6.92 Å². The smallest absolute Gasteiger partial charge is 0.321 e. The number of carboxylic acids is 1. The van der Waals surface area contributed by atoms with Crippen molar-refractivity contribution in [1.82, 2.24) is 16.0 Å². The zero-order valence-corrected chi connectivity index (χ0v) is 10.2. The first-order chi connectivity index (χ1) is 8.07. The van der Waals surface area contributed by atoms with E-state index in [9.17, 15) is 9.59 Å². The van der Waals surface area contributed by atoms with Crippen molar-refractivity contribution in [3.05, 3.63) is 0 Å². The fourth-order valence-electron chi connectivity index (χ4n) is 1.26. The van der Waals surface area contributed by atoms with Gasteiger partial charge in [0.2, 0.25) is 5.91 Å². The van der Waals surface area contributed by atoms with Gasteiger partial charge >= 0.3 is 5.97 Å². The van der Waals surface area contributed by atoms with E-state index in [1.54, 1.807) is 0 Å². The number of carbonyl (C=O) groups excluding carboxylic acids is 1. The normalized spacial score (nSPS) is 12.3. The molecule has 0 aliphatic rings. The van der Waals surface area contributed by atoms with E-state index in [2.05, 4.69) is 16.0 Å². The zero-order valence-electron chi connectivity index (χ0n) is 10.2. The highest BCUT2D eigenvalue weighted by Gasteiger charge is 2.18. The molecule has 6 N–H and O–H groups in total. The van der Waals surface area contributed by atoms with Crippen molar-refractivity contribution < 1.29 is 14.7 Å². The summed E-state index contributed by atoms with van der Waals surface area (Å²) in [6.07, 6.45) is -0.188. The minimum Gasteiger partial charge on any atom is -0.480 e. The number of rotatable bonds is 11. The topological polar surface area (TPSA) is 116 Å². The van der Waals surface area contributed by atoms with Crippen molar-refractivity contribution in [2.75, 3.05) is 32.7 Å². The summed E-state index contributed by atoms with van der Waals surface area (Å²) in [6, 6.07) is -0.900. The standard InChI is InChI=1S/C10H22N4O3/c1-2-12-3-4-13-5-6-14-8(10(16)17)7-9(11)15/h8,12-14H,2-7H2,1H3,(H2,11,15)(H,16,17). The van der Waals surface area contributed by atoms with Gasteiger partial charge in [0.1, 0.15) is 6.04 Å². The van der Waals surface area contributed by atoms with Gasteiger partial charge in [-0.15, -0.1) is 0 Å². The van der Waals surface area contributed by atoms with Crippen LogP contribution in [0.25, 0.3) is 0 Å². The van der Waals surface area contributed by atoms with Crippen LogP contribution >= 0.6 is 0 Å². The average molecular weight is 246 g/mol. The van der Waals surface area contributed by atoms with Crippen LogP contribution in [0.1, 0.15) is 13.3 Å². The average Bonchev–Trinajstić information content (AvgIpc) is 2.25. The van der Waals surface area contributed by atoms with Gasteiger partial charge < -0.3 is 26.8 Å². The Morgan fingerprint density at radius 2 is 1.76 bits per heavy atom. The molecule has 0 heterocycles. The maximum absolute atomic E-state index is 10.7. The van der Waals surface area contributed by atoms with Crippen LogP contribution in [0.3, 0.4) is 0 Å². The molecule has 1 unspecified atom stereocenters. The number of nitrogens with one attached hydrogen (secondary N) is 3. The molecule has 7 heteroatoms. The molecule has 0 saturated heterocycles. The van der Waals surface area contributed by atoms with E-state index >= 15 is 0 Å². The number of nitrogens with two attached hydrogens (primary N) is 1. The molecule has 0 bridgehead atoms. The molecule has 17 heavy (non-hydrogen) atoms. The maximum atomic E-state index is 10.7. The fraction of sp³-hybridized carbons (Fsp3) is 0.800. The largest absolute Gasteiger partial charge is 0.480 e. The summed E-state index contributed by atoms with van der Waals surface area (Å²) < 4.78 is 0. The van der Waals surface area contributed by atoms with Crippen LogP contribution in [0.4, 0.5) is 0 Å². The SMILES string of the molecule is CCNCCNCCNC(CC(N)=O)C(=O)O. The molecule has 0 aromatic rings. The van der Waals surface area contributed by atoms with Gasteiger partial charge in [0.15, 0.2) is 0 Å². The van der Waals surface area contributed by atoms with Gasteiger partial charge in [-0.2, -0.15) is 0 Å². The molecule has 0 aromatic heterocycles. The summed E-state index contributed by atoms with van der Waals surface area (Å²) in [7, 11) is 0. The highest BCUT2D eigenvalue weighted by Crippen LogP contribution is 1.90. The molecular weight excluding hydrogens is 224 g/mol. The van der Waals surface area contributed by atoms with E-state index in [1.807, 2.05) is 6.92 Å². The van der Waals surface area contributed by atoms with Gasteiger partial charge in [0, 0.05) is 26.2 Å². The van der Waals surface area contributed by atoms with Gasteiger partial charge in [0.25, 0.3) is 0 Å². The highest BCUT2D eigenvalue weighted by atomic mass is 16.4. The lowest BCUT2D eigenvalue weighted by Gasteiger charge is -2.13. The molecule has 0 aromatic carbocycles. The summed E-state index contributed by atoms with van der Waals surface area (Å²) in [5.41, 5.74) is 4.95. The zero-order chi connectivity index (χ0) is 13.1. The molecule has 1 amide bonds. The molecular formula is C10H22N4O3. The van der Waals surface area contributed by atoms with E-state index in [1.165, 1.54) is 0 Å². The second kappa shape index (κ2) is 10.0. The molecule has 0 radical (unpaired) electrons. The Morgan fingerprint density at radius 3 is 2.29 bits per heavy atom. The Labute approximate surface area is 101 Å². The number of likely N-dealkylation sites (N-methyl/N-ethyl adjacent to an activating group) is 1. The van der Waals surface area contributed by atoms with Crippen LogP contribution in [-0.2, 0) is 9.59 Å². The summed E-state index contributed by atoms with van der Waals surface area (Å²) >= 11 is 0. The fourth-order valence-corrected chi connectivity index (χ4v) is 1.26. The maximum Gasteiger partial charge on any atom is 0.321 e. The van der Waals surface area contributed by atoms with Crippen LogP contribution < -0.4 is 21.7 Å². The van der Waals surface area contributed by atoms with Gasteiger partial charge in [0.05, 0.1) is 6.42 Å². The predicted molar refractivity (Wildman–Crippen MR) is 64.7 cm³/mol. The monoisotopic (exact) mass is 246 g/mol. The van der Waals surface area contributed by atoms with E-state index in [4.69, 9.17) is 10.8 Å². The van der Waals surface area contributed by atoms with Crippen LogP contribution in [0.2, 0.25) is 0 Å². The van der Waals surface area contributed by atoms with Crippen molar-refractivity contribution in [1.29, 1.82) is 0 Å². The molecule has 0 aliphatic heterocycles. The molecule has 7 nitrogen and oxygen atoms in total. The number of hydrogen-bond acceptors (Lipinski definition) is 5. The lowest BCUT2D eigenvalue weighted by Crippen LogP contribution is -2.43. The van der Waals surface area contributed by atoms with Crippen molar-refractivity contribution >= 4 is 11.9 Å². The molecule has 0 fully saturated rings. The first-order valence-electron chi connectivity index (χ1n) is 5.73. The Kier molecular flexibility index (Phi) is 9.31. The molecule has 100 valence electrons. The van der Waals surface area contributed by atoms with E-state index in [0.29, 0.717) is 13.1 Å². The van der Waals surface area contributed by atoms with Gasteiger partial charge in [-0.3, -0.25) is 9.59 Å². The lowest BCUT2D eigenvalue weighted by atomic mass is 10.2. The summed E-state index contributed by atoms with van der Waals surface area (Å²) in [4.78, 5) is 21.4. The number of carbonyl (C=O) groups is 2. The second-order valence-electron chi connectivity index (χ2n) is 3.62. The summed E-state index contributed by atoms with van der Waals surface area (Å²) in [5, 5.41) is 17.8. The molecule has 1 atom stereocenters. The van der Waals surface area contributed by atoms with Gasteiger partial charge in [-0.05, 0) is 6.54 Å². The third-order valence-electron chi connectivity index (χ3n) is 2.12. The van der Waals surface area contributed by atoms with Crippen LogP contribution in [0.15, 0.2) is 0 Å². The number of amides is 1. The van der Waals surface area contributed by atoms with Crippen molar-refractivity contribution in [3.63, 3.8) is 0 Å². The van der Waals surface area contributed by atoms with Crippen LogP contribution in [-0.4, -0.2) is 55.7 Å². The minimum absolute atomic E-state index is 0.188. The Hall–Kier alpha value is -1.18. The number of hydrogen-bond donors (Lipinski definition) is 5. The van der Waals surface area contributed by atoms with Crippen molar-refractivity contribution in [3.8, 4) is 0 Å². The van der Waals surface area contributed by atoms with E-state index in [-0.39, 0.29) is 6.42 Å². The first-order valence-corrected chi connectivity index (χ1v) is 5.73. The Morgan fingerprint density at radius 1 is 1.18 bits per heavy atom. The predicted octanol–water partition coefficient (Wildman–Crippen LogP) is -1.90. The third kappa shape index (κ3) is 9.73. The second-order valence-corrected chi connectivity index (χ2v) is 3.62. The van der Waals surface area contributed by atoms with Crippen molar-refractivity contribution in [2.45, 2.75) is 19.4 Å². The van der Waals surface area contributed by atoms with Crippen LogP contribution in [0, 0.1) is 0 Å². The number of aliphatic carboxylic acids is 1. The summed E-state index contributed by atoms with van der Waals surface area (Å²) in [5.74, 6) is -1.68. The van der Waals surface area contributed by atoms with E-state index in [0.717, 1.165) is 19.6 Å². The van der Waals surface area contributed by atoms with E-state index < -0.39 is 17.9 Å². The Balaban J connectivity index is 3.55. The first kappa shape index (κ1) is 15.8. The minimum atomic E-state index is -1.06. The number of carboxylic acid groups (broad SMARTS) is 1. The molecule has 0 spiro atoms. The lowest BCUT2D eigenvalue weighted by molar-refractivity contribution is -0.141. The highest BCUT2D eigenvalue weighted by molar-refractivity contribution is 5.83.